The molecule has 0 spiro atoms. The van der Waals surface area contributed by atoms with Crippen molar-refractivity contribution >= 4 is 29.7 Å². The Kier molecular flexibility index (Phi) is 12.7. The van der Waals surface area contributed by atoms with Crippen molar-refractivity contribution in [2.75, 3.05) is 13.1 Å². The standard InChI is InChI=1S/C23H37N7O6/c1-3-13(2)19(21(34)29-16(22(35)36)5-4-10-27-23(25)26)30-20(33)17(28-18(32)12-24)11-14-6-8-15(31)9-7-14/h6-9,13,16-17,19,31H,3-5,10-12,24H2,1-2H3,(H,28,32)(H,29,34)(H,30,33)(H,35,36)(H4,25,26,27). The number of phenols is 1. The number of hydrogen-bond donors (Lipinski definition) is 8. The molecule has 3 amide bonds. The fraction of sp³-hybridized carbons (Fsp3) is 0.522. The van der Waals surface area contributed by atoms with Crippen LogP contribution in [-0.4, -0.2) is 71.1 Å². The van der Waals surface area contributed by atoms with Crippen LogP contribution in [0.25, 0.3) is 0 Å². The summed E-state index contributed by atoms with van der Waals surface area (Å²) in [6, 6.07) is 2.78. The first-order valence-corrected chi connectivity index (χ1v) is 11.6. The summed E-state index contributed by atoms with van der Waals surface area (Å²) in [5, 5.41) is 26.7. The number of aliphatic carboxylic acids is 1. The van der Waals surface area contributed by atoms with E-state index >= 15 is 0 Å². The van der Waals surface area contributed by atoms with Gasteiger partial charge in [0, 0.05) is 13.0 Å². The summed E-state index contributed by atoms with van der Waals surface area (Å²) in [6.07, 6.45) is 0.984. The maximum absolute atomic E-state index is 13.1. The number of nitrogens with one attached hydrogen (secondary N) is 3. The third kappa shape index (κ3) is 10.6. The highest BCUT2D eigenvalue weighted by Crippen LogP contribution is 2.13. The Bertz CT molecular complexity index is 918. The minimum Gasteiger partial charge on any atom is -0.508 e. The molecule has 0 saturated heterocycles. The van der Waals surface area contributed by atoms with Crippen LogP contribution in [0, 0.1) is 5.92 Å². The van der Waals surface area contributed by atoms with Gasteiger partial charge >= 0.3 is 5.97 Å². The van der Waals surface area contributed by atoms with Crippen LogP contribution in [-0.2, 0) is 25.6 Å². The van der Waals surface area contributed by atoms with E-state index in [2.05, 4.69) is 20.9 Å². The van der Waals surface area contributed by atoms with Gasteiger partial charge < -0.3 is 43.4 Å². The van der Waals surface area contributed by atoms with Crippen LogP contribution >= 0.6 is 0 Å². The van der Waals surface area contributed by atoms with E-state index in [1.54, 1.807) is 19.1 Å². The lowest BCUT2D eigenvalue weighted by molar-refractivity contribution is -0.142. The molecular weight excluding hydrogens is 470 g/mol. The fourth-order valence-electron chi connectivity index (χ4n) is 3.31. The Hall–Kier alpha value is -3.87. The summed E-state index contributed by atoms with van der Waals surface area (Å²) >= 11 is 0. The SMILES string of the molecule is CCC(C)C(NC(=O)C(Cc1ccc(O)cc1)NC(=O)CN)C(=O)NC(CCCN=C(N)N)C(=O)O. The molecule has 0 aliphatic rings. The van der Waals surface area contributed by atoms with Gasteiger partial charge in [-0.15, -0.1) is 0 Å². The summed E-state index contributed by atoms with van der Waals surface area (Å²) in [7, 11) is 0. The second-order valence-corrected chi connectivity index (χ2v) is 8.41. The van der Waals surface area contributed by atoms with Crippen molar-refractivity contribution in [3.05, 3.63) is 29.8 Å². The van der Waals surface area contributed by atoms with Gasteiger partial charge in [0.2, 0.25) is 17.7 Å². The maximum atomic E-state index is 13.1. The zero-order valence-electron chi connectivity index (χ0n) is 20.6. The highest BCUT2D eigenvalue weighted by atomic mass is 16.4. The molecule has 1 aromatic rings. The molecule has 0 bridgehead atoms. The van der Waals surface area contributed by atoms with E-state index in [4.69, 9.17) is 17.2 Å². The number of carboxylic acids is 1. The number of carbonyl (C=O) groups excluding carboxylic acids is 3. The van der Waals surface area contributed by atoms with Gasteiger partial charge in [0.15, 0.2) is 5.96 Å². The number of benzene rings is 1. The number of nitrogens with zero attached hydrogens (tertiary/aromatic N) is 1. The molecule has 0 saturated carbocycles. The van der Waals surface area contributed by atoms with Crippen molar-refractivity contribution < 1.29 is 29.4 Å². The Balaban J connectivity index is 3.01. The van der Waals surface area contributed by atoms with E-state index in [0.29, 0.717) is 18.4 Å². The number of hydrogen-bond acceptors (Lipinski definition) is 7. The number of phenolic OH excluding ortho intramolecular Hbond substituents is 1. The van der Waals surface area contributed by atoms with E-state index in [0.717, 1.165) is 0 Å². The monoisotopic (exact) mass is 507 g/mol. The lowest BCUT2D eigenvalue weighted by Crippen LogP contribution is -2.58. The molecule has 1 aromatic carbocycles. The number of carbonyl (C=O) groups is 4. The van der Waals surface area contributed by atoms with Crippen LogP contribution in [0.4, 0.5) is 0 Å². The predicted octanol–water partition coefficient (Wildman–Crippen LogP) is -1.47. The summed E-state index contributed by atoms with van der Waals surface area (Å²) in [6.45, 7) is 3.43. The van der Waals surface area contributed by atoms with Crippen molar-refractivity contribution in [1.82, 2.24) is 16.0 Å². The van der Waals surface area contributed by atoms with Crippen molar-refractivity contribution in [3.8, 4) is 5.75 Å². The van der Waals surface area contributed by atoms with Crippen molar-refractivity contribution in [2.45, 2.75) is 57.7 Å². The molecule has 0 heterocycles. The molecular formula is C23H37N7O6. The second-order valence-electron chi connectivity index (χ2n) is 8.41. The molecule has 200 valence electrons. The van der Waals surface area contributed by atoms with E-state index in [1.165, 1.54) is 12.1 Å². The third-order valence-electron chi connectivity index (χ3n) is 5.57. The predicted molar refractivity (Wildman–Crippen MR) is 134 cm³/mol. The summed E-state index contributed by atoms with van der Waals surface area (Å²) in [5.74, 6) is -3.51. The minimum atomic E-state index is -1.23. The molecule has 11 N–H and O–H groups in total. The Morgan fingerprint density at radius 2 is 1.64 bits per heavy atom. The van der Waals surface area contributed by atoms with Gasteiger partial charge in [-0.3, -0.25) is 19.4 Å². The lowest BCUT2D eigenvalue weighted by Gasteiger charge is -2.27. The first-order chi connectivity index (χ1) is 17.0. The van der Waals surface area contributed by atoms with Crippen LogP contribution in [0.15, 0.2) is 29.3 Å². The number of aromatic hydroxyl groups is 1. The highest BCUT2D eigenvalue weighted by molar-refractivity contribution is 5.93. The first kappa shape index (κ1) is 30.2. The van der Waals surface area contributed by atoms with Crippen LogP contribution in [0.3, 0.4) is 0 Å². The molecule has 36 heavy (non-hydrogen) atoms. The number of carboxylic acid groups (broad SMARTS) is 1. The molecule has 4 unspecified atom stereocenters. The number of aliphatic imine (C=N–C) groups is 1. The van der Waals surface area contributed by atoms with E-state index < -0.39 is 41.8 Å². The Morgan fingerprint density at radius 3 is 2.17 bits per heavy atom. The number of nitrogens with two attached hydrogens (primary N) is 3. The molecule has 13 nitrogen and oxygen atoms in total. The van der Waals surface area contributed by atoms with E-state index in [9.17, 15) is 29.4 Å². The number of amides is 3. The molecule has 0 aromatic heterocycles. The summed E-state index contributed by atoms with van der Waals surface area (Å²) < 4.78 is 0. The molecule has 1 rings (SSSR count). The van der Waals surface area contributed by atoms with Gasteiger partial charge in [0.25, 0.3) is 0 Å². The number of rotatable bonds is 15. The molecule has 0 fully saturated rings. The van der Waals surface area contributed by atoms with E-state index in [1.807, 2.05) is 6.92 Å². The smallest absolute Gasteiger partial charge is 0.326 e. The zero-order chi connectivity index (χ0) is 27.3. The lowest BCUT2D eigenvalue weighted by atomic mass is 9.96. The van der Waals surface area contributed by atoms with Crippen molar-refractivity contribution in [1.29, 1.82) is 0 Å². The molecule has 4 atom stereocenters. The van der Waals surface area contributed by atoms with Gasteiger partial charge in [-0.05, 0) is 36.5 Å². The van der Waals surface area contributed by atoms with Gasteiger partial charge in [-0.1, -0.05) is 32.4 Å². The topological polar surface area (TPSA) is 235 Å². The molecule has 0 aliphatic heterocycles. The van der Waals surface area contributed by atoms with Gasteiger partial charge in [0.1, 0.15) is 23.9 Å². The average molecular weight is 508 g/mol. The van der Waals surface area contributed by atoms with Crippen LogP contribution in [0.2, 0.25) is 0 Å². The van der Waals surface area contributed by atoms with Crippen LogP contribution in [0.1, 0.15) is 38.7 Å². The van der Waals surface area contributed by atoms with Gasteiger partial charge in [-0.25, -0.2) is 4.79 Å². The maximum Gasteiger partial charge on any atom is 0.326 e. The first-order valence-electron chi connectivity index (χ1n) is 11.6. The molecule has 0 radical (unpaired) electrons. The molecule has 13 heteroatoms. The minimum absolute atomic E-state index is 0.0468. The van der Waals surface area contributed by atoms with Gasteiger partial charge in [0.05, 0.1) is 6.54 Å². The van der Waals surface area contributed by atoms with Crippen molar-refractivity contribution in [2.24, 2.45) is 28.1 Å². The van der Waals surface area contributed by atoms with E-state index in [-0.39, 0.29) is 43.6 Å². The van der Waals surface area contributed by atoms with Crippen LogP contribution in [0.5, 0.6) is 5.75 Å². The third-order valence-corrected chi connectivity index (χ3v) is 5.57. The average Bonchev–Trinajstić information content (AvgIpc) is 2.83. The normalized spacial score (nSPS) is 14.0. The largest absolute Gasteiger partial charge is 0.508 e. The van der Waals surface area contributed by atoms with Gasteiger partial charge in [-0.2, -0.15) is 0 Å². The summed E-state index contributed by atoms with van der Waals surface area (Å²) in [4.78, 5) is 53.6. The summed E-state index contributed by atoms with van der Waals surface area (Å²) in [5.41, 5.74) is 16.6. The quantitative estimate of drug-likeness (QED) is 0.0784. The second kappa shape index (κ2) is 15.2. The number of guanidine groups is 1. The van der Waals surface area contributed by atoms with Crippen LogP contribution < -0.4 is 33.2 Å². The molecule has 0 aliphatic carbocycles. The Labute approximate surface area is 209 Å². The Morgan fingerprint density at radius 1 is 1.00 bits per heavy atom. The van der Waals surface area contributed by atoms with Crippen molar-refractivity contribution in [3.63, 3.8) is 0 Å². The fourth-order valence-corrected chi connectivity index (χ4v) is 3.31. The highest BCUT2D eigenvalue weighted by Gasteiger charge is 2.32. The zero-order valence-corrected chi connectivity index (χ0v) is 20.6.